The first-order chi connectivity index (χ1) is 16.0. The number of amides is 1. The predicted octanol–water partition coefficient (Wildman–Crippen LogP) is 4.57. The van der Waals surface area contributed by atoms with Crippen LogP contribution in [0.5, 0.6) is 5.75 Å². The van der Waals surface area contributed by atoms with Crippen LogP contribution in [0.4, 0.5) is 0 Å². The van der Waals surface area contributed by atoms with Crippen molar-refractivity contribution in [3.63, 3.8) is 0 Å². The van der Waals surface area contributed by atoms with Gasteiger partial charge in [0.25, 0.3) is 5.91 Å². The van der Waals surface area contributed by atoms with E-state index in [9.17, 15) is 4.79 Å². The van der Waals surface area contributed by atoms with E-state index in [1.807, 2.05) is 41.3 Å². The van der Waals surface area contributed by atoms with E-state index in [2.05, 4.69) is 9.80 Å². The van der Waals surface area contributed by atoms with Crippen molar-refractivity contribution in [2.24, 2.45) is 4.99 Å². The molecule has 33 heavy (non-hydrogen) atoms. The smallest absolute Gasteiger partial charge is 0.259 e. The molecule has 0 unspecified atom stereocenters. The van der Waals surface area contributed by atoms with Gasteiger partial charge in [-0.1, -0.05) is 35.3 Å². The van der Waals surface area contributed by atoms with E-state index < -0.39 is 0 Å². The van der Waals surface area contributed by atoms with E-state index in [1.165, 1.54) is 0 Å². The monoisotopic (exact) mass is 484 g/mol. The van der Waals surface area contributed by atoms with Crippen LogP contribution < -0.4 is 4.74 Å². The van der Waals surface area contributed by atoms with Crippen LogP contribution in [0.25, 0.3) is 0 Å². The Morgan fingerprint density at radius 1 is 1.00 bits per heavy atom. The van der Waals surface area contributed by atoms with Crippen molar-refractivity contribution in [1.29, 1.82) is 0 Å². The first kappa shape index (κ1) is 22.3. The summed E-state index contributed by atoms with van der Waals surface area (Å²) in [6.07, 6.45) is 1.82. The zero-order valence-electron chi connectivity index (χ0n) is 18.6. The molecule has 2 aromatic carbocycles. The maximum absolute atomic E-state index is 13.7. The van der Waals surface area contributed by atoms with Gasteiger partial charge < -0.3 is 9.64 Å². The third-order valence-corrected chi connectivity index (χ3v) is 6.76. The lowest BCUT2D eigenvalue weighted by atomic mass is 9.99. The molecule has 0 spiro atoms. The molecule has 0 aromatic heterocycles. The summed E-state index contributed by atoms with van der Waals surface area (Å²) >= 11 is 12.4. The number of guanidine groups is 1. The van der Waals surface area contributed by atoms with Crippen LogP contribution in [0.2, 0.25) is 10.0 Å². The first-order valence-electron chi connectivity index (χ1n) is 11.2. The number of methoxy groups -OCH3 is 1. The van der Waals surface area contributed by atoms with Gasteiger partial charge in [0.05, 0.1) is 19.2 Å². The quantitative estimate of drug-likeness (QED) is 0.623. The van der Waals surface area contributed by atoms with Crippen LogP contribution in [0.15, 0.2) is 58.7 Å². The number of rotatable bonds is 5. The van der Waals surface area contributed by atoms with E-state index >= 15 is 0 Å². The minimum absolute atomic E-state index is 0.0477. The fraction of sp³-hybridized carbons (Fsp3) is 0.360. The summed E-state index contributed by atoms with van der Waals surface area (Å²) in [6.45, 7) is 4.30. The van der Waals surface area contributed by atoms with Gasteiger partial charge in [-0.25, -0.2) is 0 Å². The molecule has 8 heteroatoms. The van der Waals surface area contributed by atoms with Crippen LogP contribution in [-0.4, -0.2) is 59.9 Å². The molecule has 0 bridgehead atoms. The molecule has 0 aliphatic carbocycles. The third kappa shape index (κ3) is 4.60. The largest absolute Gasteiger partial charge is 0.497 e. The van der Waals surface area contributed by atoms with Crippen molar-refractivity contribution in [3.05, 3.63) is 74.9 Å². The average molecular weight is 485 g/mol. The highest BCUT2D eigenvalue weighted by Gasteiger charge is 2.40. The van der Waals surface area contributed by atoms with Crippen LogP contribution in [0.1, 0.15) is 24.0 Å². The van der Waals surface area contributed by atoms with E-state index in [0.717, 1.165) is 66.6 Å². The number of nitrogens with zero attached hydrogens (tertiary/aromatic N) is 4. The average Bonchev–Trinajstić information content (AvgIpc) is 2.81. The first-order valence-corrected chi connectivity index (χ1v) is 11.9. The summed E-state index contributed by atoms with van der Waals surface area (Å²) in [4.78, 5) is 24.9. The van der Waals surface area contributed by atoms with E-state index in [4.69, 9.17) is 32.9 Å². The number of ether oxygens (including phenoxy) is 1. The van der Waals surface area contributed by atoms with Crippen molar-refractivity contribution in [2.75, 3.05) is 33.3 Å². The van der Waals surface area contributed by atoms with Crippen LogP contribution in [0, 0.1) is 0 Å². The van der Waals surface area contributed by atoms with Crippen molar-refractivity contribution in [3.8, 4) is 5.75 Å². The van der Waals surface area contributed by atoms with Gasteiger partial charge in [0.15, 0.2) is 0 Å². The summed E-state index contributed by atoms with van der Waals surface area (Å²) < 4.78 is 5.27. The number of fused-ring (bicyclic) bond motifs is 2. The number of hydrogen-bond donors (Lipinski definition) is 0. The lowest BCUT2D eigenvalue weighted by molar-refractivity contribution is -0.125. The highest BCUT2D eigenvalue weighted by atomic mass is 35.5. The van der Waals surface area contributed by atoms with Gasteiger partial charge in [-0.15, -0.1) is 0 Å². The Bertz CT molecular complexity index is 1110. The molecular formula is C25H26Cl2N4O2. The van der Waals surface area contributed by atoms with E-state index in [-0.39, 0.29) is 5.91 Å². The predicted molar refractivity (Wildman–Crippen MR) is 131 cm³/mol. The highest BCUT2D eigenvalue weighted by Crippen LogP contribution is 2.32. The molecule has 0 N–H and O–H groups in total. The minimum Gasteiger partial charge on any atom is -0.497 e. The second-order valence-electron chi connectivity index (χ2n) is 8.59. The standard InChI is InChI=1S/C25H26Cl2N4O2/c1-33-21-5-3-17(4-6-21)15-31-24(32)22-16-29(14-18-11-19(26)13-20(27)12-18)10-7-23(22)30-9-2-8-28-25(30)31/h3-6,11-13H,2,7-10,14-16H2,1H3. The SMILES string of the molecule is COc1ccc(CN2C(=O)C3=C(CCN(Cc4cc(Cl)cc(Cl)c4)C3)N3CCCN=C23)cc1. The summed E-state index contributed by atoms with van der Waals surface area (Å²) in [6, 6.07) is 13.5. The molecule has 0 fully saturated rings. The van der Waals surface area contributed by atoms with E-state index in [0.29, 0.717) is 29.7 Å². The number of carbonyl (C=O) groups is 1. The highest BCUT2D eigenvalue weighted by molar-refractivity contribution is 6.34. The molecule has 172 valence electrons. The van der Waals surface area contributed by atoms with Crippen LogP contribution in [-0.2, 0) is 17.9 Å². The van der Waals surface area contributed by atoms with Crippen molar-refractivity contribution < 1.29 is 9.53 Å². The van der Waals surface area contributed by atoms with Gasteiger partial charge in [0.2, 0.25) is 5.96 Å². The third-order valence-electron chi connectivity index (χ3n) is 6.33. The number of aliphatic imine (C=N–C) groups is 1. The van der Waals surface area contributed by atoms with Crippen LogP contribution in [0.3, 0.4) is 0 Å². The zero-order valence-corrected chi connectivity index (χ0v) is 20.1. The lowest BCUT2D eigenvalue weighted by Gasteiger charge is -2.45. The molecule has 3 aliphatic rings. The van der Waals surface area contributed by atoms with Gasteiger partial charge in [-0.3, -0.25) is 19.6 Å². The summed E-state index contributed by atoms with van der Waals surface area (Å²) in [5.41, 5.74) is 4.09. The Kier molecular flexibility index (Phi) is 6.32. The molecule has 2 aromatic rings. The second kappa shape index (κ2) is 9.37. The van der Waals surface area contributed by atoms with Gasteiger partial charge in [-0.2, -0.15) is 0 Å². The summed E-state index contributed by atoms with van der Waals surface area (Å²) in [5.74, 6) is 1.64. The van der Waals surface area contributed by atoms with Gasteiger partial charge in [0, 0.05) is 54.9 Å². The number of carbonyl (C=O) groups excluding carboxylic acids is 1. The molecule has 1 amide bonds. The minimum atomic E-state index is 0.0477. The Balaban J connectivity index is 1.40. The Hall–Kier alpha value is -2.54. The molecule has 0 saturated heterocycles. The Morgan fingerprint density at radius 2 is 1.76 bits per heavy atom. The van der Waals surface area contributed by atoms with Gasteiger partial charge >= 0.3 is 0 Å². The Morgan fingerprint density at radius 3 is 2.48 bits per heavy atom. The molecule has 3 heterocycles. The lowest BCUT2D eigenvalue weighted by Crippen LogP contribution is -2.56. The maximum Gasteiger partial charge on any atom is 0.259 e. The van der Waals surface area contributed by atoms with Crippen molar-refractivity contribution in [2.45, 2.75) is 25.9 Å². The number of benzene rings is 2. The topological polar surface area (TPSA) is 48.4 Å². The normalized spacial score (nSPS) is 18.8. The summed E-state index contributed by atoms with van der Waals surface area (Å²) in [5, 5.41) is 1.26. The molecule has 3 aliphatic heterocycles. The zero-order chi connectivity index (χ0) is 22.9. The molecule has 6 nitrogen and oxygen atoms in total. The van der Waals surface area contributed by atoms with Crippen molar-refractivity contribution >= 4 is 35.1 Å². The second-order valence-corrected chi connectivity index (χ2v) is 9.46. The fourth-order valence-corrected chi connectivity index (χ4v) is 5.35. The maximum atomic E-state index is 13.7. The molecule has 0 radical (unpaired) electrons. The summed E-state index contributed by atoms with van der Waals surface area (Å²) in [7, 11) is 1.65. The number of hydrogen-bond acceptors (Lipinski definition) is 5. The molecule has 0 atom stereocenters. The van der Waals surface area contributed by atoms with Crippen molar-refractivity contribution in [1.82, 2.24) is 14.7 Å². The van der Waals surface area contributed by atoms with Gasteiger partial charge in [-0.05, 0) is 47.9 Å². The molecule has 0 saturated carbocycles. The molecular weight excluding hydrogens is 459 g/mol. The van der Waals surface area contributed by atoms with E-state index in [1.54, 1.807) is 13.2 Å². The number of halogens is 2. The van der Waals surface area contributed by atoms with Gasteiger partial charge in [0.1, 0.15) is 5.75 Å². The fourth-order valence-electron chi connectivity index (χ4n) is 4.78. The Labute approximate surface area is 204 Å². The molecule has 5 rings (SSSR count). The van der Waals surface area contributed by atoms with Crippen LogP contribution >= 0.6 is 23.2 Å².